The van der Waals surface area contributed by atoms with Crippen LogP contribution in [0.15, 0.2) is 42.7 Å². The summed E-state index contributed by atoms with van der Waals surface area (Å²) in [6, 6.07) is 9.13. The first kappa shape index (κ1) is 16.2. The van der Waals surface area contributed by atoms with Crippen molar-refractivity contribution in [2.75, 3.05) is 19.7 Å². The molecule has 122 valence electrons. The topological polar surface area (TPSA) is 58.5 Å². The summed E-state index contributed by atoms with van der Waals surface area (Å²) < 4.78 is 5.61. The molecule has 1 aliphatic heterocycles. The summed E-state index contributed by atoms with van der Waals surface area (Å²) in [6.07, 6.45) is 5.08. The molecule has 1 aromatic carbocycles. The van der Waals surface area contributed by atoms with Gasteiger partial charge in [0.2, 0.25) is 0 Å². The summed E-state index contributed by atoms with van der Waals surface area (Å²) in [6.45, 7) is 1.75. The van der Waals surface area contributed by atoms with Gasteiger partial charge in [0.05, 0.1) is 6.04 Å². The van der Waals surface area contributed by atoms with Crippen molar-refractivity contribution in [2.45, 2.75) is 25.0 Å². The molecule has 2 aromatic rings. The van der Waals surface area contributed by atoms with Gasteiger partial charge >= 0.3 is 0 Å². The smallest absolute Gasteiger partial charge is 0.145 e. The van der Waals surface area contributed by atoms with Crippen LogP contribution in [-0.2, 0) is 0 Å². The minimum absolute atomic E-state index is 0.182. The number of aliphatic hydroxyl groups excluding tert-OH is 1. The molecule has 6 heteroatoms. The number of nitrogens with zero attached hydrogens (tertiary/aromatic N) is 3. The number of halogens is 1. The maximum atomic E-state index is 10.3. The predicted octanol–water partition coefficient (Wildman–Crippen LogP) is 2.71. The number of hydrogen-bond donors (Lipinski definition) is 1. The summed E-state index contributed by atoms with van der Waals surface area (Å²) >= 11 is 5.84. The Labute approximate surface area is 140 Å². The van der Waals surface area contributed by atoms with Gasteiger partial charge < -0.3 is 9.84 Å². The zero-order valence-electron chi connectivity index (χ0n) is 12.8. The highest BCUT2D eigenvalue weighted by Gasteiger charge is 2.29. The summed E-state index contributed by atoms with van der Waals surface area (Å²) in [5.74, 6) is 1.54. The van der Waals surface area contributed by atoms with Gasteiger partial charge in [0.15, 0.2) is 0 Å². The highest BCUT2D eigenvalue weighted by molar-refractivity contribution is 6.30. The fourth-order valence-corrected chi connectivity index (χ4v) is 2.99. The normalized spacial score (nSPS) is 19.7. The monoisotopic (exact) mass is 333 g/mol. The van der Waals surface area contributed by atoms with E-state index in [-0.39, 0.29) is 12.6 Å². The third-order valence-electron chi connectivity index (χ3n) is 3.95. The molecule has 2 heterocycles. The highest BCUT2D eigenvalue weighted by Crippen LogP contribution is 2.29. The zero-order valence-corrected chi connectivity index (χ0v) is 13.6. The molecule has 1 aliphatic rings. The van der Waals surface area contributed by atoms with E-state index in [1.165, 1.54) is 0 Å². The summed E-state index contributed by atoms with van der Waals surface area (Å²) in [5, 5.41) is 10.9. The van der Waals surface area contributed by atoms with Crippen LogP contribution in [0.4, 0.5) is 0 Å². The maximum Gasteiger partial charge on any atom is 0.145 e. The van der Waals surface area contributed by atoms with Gasteiger partial charge in [-0.2, -0.15) is 0 Å². The molecule has 0 bridgehead atoms. The maximum absolute atomic E-state index is 10.3. The van der Waals surface area contributed by atoms with Gasteiger partial charge in [-0.3, -0.25) is 4.90 Å². The van der Waals surface area contributed by atoms with Crippen molar-refractivity contribution in [2.24, 2.45) is 0 Å². The van der Waals surface area contributed by atoms with Crippen LogP contribution in [0, 0.1) is 0 Å². The van der Waals surface area contributed by atoms with E-state index in [4.69, 9.17) is 16.3 Å². The molecule has 0 saturated carbocycles. The third kappa shape index (κ3) is 4.41. The number of aliphatic hydroxyl groups is 1. The van der Waals surface area contributed by atoms with Crippen molar-refractivity contribution in [1.29, 1.82) is 0 Å². The lowest BCUT2D eigenvalue weighted by molar-refractivity contribution is 0.0627. The van der Waals surface area contributed by atoms with E-state index < -0.39 is 6.10 Å². The molecule has 3 rings (SSSR count). The SMILES string of the molecule is OC(COc1ccc(Cl)cc1)CN1CCCC1c1ncccn1. The van der Waals surface area contributed by atoms with E-state index in [2.05, 4.69) is 14.9 Å². The summed E-state index contributed by atoms with van der Waals surface area (Å²) in [4.78, 5) is 10.9. The molecule has 2 atom stereocenters. The molecule has 0 amide bonds. The minimum Gasteiger partial charge on any atom is -0.491 e. The zero-order chi connectivity index (χ0) is 16.1. The second kappa shape index (κ2) is 7.73. The van der Waals surface area contributed by atoms with Crippen LogP contribution in [0.1, 0.15) is 24.7 Å². The van der Waals surface area contributed by atoms with E-state index in [1.807, 2.05) is 6.07 Å². The van der Waals surface area contributed by atoms with Crippen LogP contribution in [0.2, 0.25) is 5.02 Å². The van der Waals surface area contributed by atoms with Crippen LogP contribution >= 0.6 is 11.6 Å². The van der Waals surface area contributed by atoms with Crippen LogP contribution in [0.3, 0.4) is 0 Å². The van der Waals surface area contributed by atoms with Gasteiger partial charge in [0.1, 0.15) is 24.3 Å². The molecule has 1 N–H and O–H groups in total. The number of benzene rings is 1. The van der Waals surface area contributed by atoms with Crippen LogP contribution in [0.5, 0.6) is 5.75 Å². The first-order valence-corrected chi connectivity index (χ1v) is 8.17. The molecule has 0 radical (unpaired) electrons. The van der Waals surface area contributed by atoms with Gasteiger partial charge in [0, 0.05) is 24.0 Å². The Kier molecular flexibility index (Phi) is 5.43. The lowest BCUT2D eigenvalue weighted by Crippen LogP contribution is -2.35. The molecule has 0 spiro atoms. The van der Waals surface area contributed by atoms with Crippen LogP contribution < -0.4 is 4.74 Å². The predicted molar refractivity (Wildman–Crippen MR) is 88.5 cm³/mol. The van der Waals surface area contributed by atoms with Crippen molar-refractivity contribution in [3.63, 3.8) is 0 Å². The third-order valence-corrected chi connectivity index (χ3v) is 4.20. The Morgan fingerprint density at radius 2 is 2.00 bits per heavy atom. The molecule has 23 heavy (non-hydrogen) atoms. The fraction of sp³-hybridized carbons (Fsp3) is 0.412. The van der Waals surface area contributed by atoms with Gasteiger partial charge in [-0.1, -0.05) is 11.6 Å². The van der Waals surface area contributed by atoms with Gasteiger partial charge in [-0.05, 0) is 49.7 Å². The average Bonchev–Trinajstić information content (AvgIpc) is 3.03. The Morgan fingerprint density at radius 1 is 1.26 bits per heavy atom. The Hall–Kier alpha value is -1.69. The first-order valence-electron chi connectivity index (χ1n) is 7.80. The van der Waals surface area contributed by atoms with Crippen molar-refractivity contribution in [3.8, 4) is 5.75 Å². The molecular formula is C17H20ClN3O2. The van der Waals surface area contributed by atoms with Crippen molar-refractivity contribution >= 4 is 11.6 Å². The Morgan fingerprint density at radius 3 is 2.74 bits per heavy atom. The quantitative estimate of drug-likeness (QED) is 0.880. The first-order chi connectivity index (χ1) is 11.2. The Bertz CT molecular complexity index is 609. The number of β-amino-alcohol motifs (C(OH)–C–C–N with tert-alkyl or cyclic N) is 1. The number of rotatable bonds is 6. The molecule has 0 aliphatic carbocycles. The van der Waals surface area contributed by atoms with Crippen LogP contribution in [-0.4, -0.2) is 45.8 Å². The number of hydrogen-bond acceptors (Lipinski definition) is 5. The van der Waals surface area contributed by atoms with Gasteiger partial charge in [0.25, 0.3) is 0 Å². The Balaban J connectivity index is 1.52. The molecule has 1 saturated heterocycles. The average molecular weight is 334 g/mol. The van der Waals surface area contributed by atoms with Crippen LogP contribution in [0.25, 0.3) is 0 Å². The fourth-order valence-electron chi connectivity index (χ4n) is 2.87. The number of ether oxygens (including phenoxy) is 1. The van der Waals surface area contributed by atoms with Gasteiger partial charge in [-0.25, -0.2) is 9.97 Å². The molecular weight excluding hydrogens is 314 g/mol. The van der Waals surface area contributed by atoms with E-state index in [0.717, 1.165) is 25.2 Å². The molecule has 2 unspecified atom stereocenters. The standard InChI is InChI=1S/C17H20ClN3O2/c18-13-4-6-15(7-5-13)23-12-14(22)11-21-10-1-3-16(21)17-19-8-2-9-20-17/h2,4-9,14,16,22H,1,3,10-12H2. The lowest BCUT2D eigenvalue weighted by atomic mass is 10.2. The summed E-state index contributed by atoms with van der Waals surface area (Å²) in [5.41, 5.74) is 0. The van der Waals surface area contributed by atoms with E-state index >= 15 is 0 Å². The lowest BCUT2D eigenvalue weighted by Gasteiger charge is -2.25. The van der Waals surface area contributed by atoms with Crippen molar-refractivity contribution in [3.05, 3.63) is 53.6 Å². The second-order valence-electron chi connectivity index (χ2n) is 5.68. The van der Waals surface area contributed by atoms with Gasteiger partial charge in [-0.15, -0.1) is 0 Å². The molecule has 1 aromatic heterocycles. The number of aromatic nitrogens is 2. The molecule has 1 fully saturated rings. The number of likely N-dealkylation sites (tertiary alicyclic amines) is 1. The minimum atomic E-state index is -0.560. The van der Waals surface area contributed by atoms with Crippen molar-refractivity contribution in [1.82, 2.24) is 14.9 Å². The van der Waals surface area contributed by atoms with E-state index in [9.17, 15) is 5.11 Å². The second-order valence-corrected chi connectivity index (χ2v) is 6.12. The van der Waals surface area contributed by atoms with E-state index in [0.29, 0.717) is 17.3 Å². The highest BCUT2D eigenvalue weighted by atomic mass is 35.5. The molecule has 5 nitrogen and oxygen atoms in total. The summed E-state index contributed by atoms with van der Waals surface area (Å²) in [7, 11) is 0. The largest absolute Gasteiger partial charge is 0.491 e. The van der Waals surface area contributed by atoms with E-state index in [1.54, 1.807) is 36.7 Å². The van der Waals surface area contributed by atoms with Crippen molar-refractivity contribution < 1.29 is 9.84 Å².